The maximum Gasteiger partial charge on any atom is 0.255 e. The molecule has 0 aliphatic heterocycles. The average Bonchev–Trinajstić information content (AvgIpc) is 2.67. The molecule has 3 aromatic carbocycles. The molecule has 7 heteroatoms. The van der Waals surface area contributed by atoms with E-state index in [2.05, 4.69) is 16.0 Å². The van der Waals surface area contributed by atoms with Crippen LogP contribution in [0.4, 0.5) is 17.1 Å². The van der Waals surface area contributed by atoms with E-state index in [-0.39, 0.29) is 18.4 Å². The highest BCUT2D eigenvalue weighted by atomic mass is 35.5. The Morgan fingerprint density at radius 3 is 2.03 bits per heavy atom. The zero-order chi connectivity index (χ0) is 20.8. The molecule has 0 unspecified atom stereocenters. The van der Waals surface area contributed by atoms with E-state index in [1.807, 2.05) is 25.1 Å². The van der Waals surface area contributed by atoms with Crippen molar-refractivity contribution >= 4 is 52.1 Å². The number of rotatable bonds is 6. The summed E-state index contributed by atoms with van der Waals surface area (Å²) in [6.07, 6.45) is 0. The highest BCUT2D eigenvalue weighted by Gasteiger charge is 2.07. The van der Waals surface area contributed by atoms with Crippen LogP contribution in [0.1, 0.15) is 15.9 Å². The molecule has 0 saturated carbocycles. The molecule has 0 saturated heterocycles. The van der Waals surface area contributed by atoms with Crippen molar-refractivity contribution in [2.24, 2.45) is 0 Å². The van der Waals surface area contributed by atoms with Crippen LogP contribution in [0.3, 0.4) is 0 Å². The molecule has 0 aliphatic carbocycles. The van der Waals surface area contributed by atoms with Crippen LogP contribution in [0.2, 0.25) is 10.0 Å². The van der Waals surface area contributed by atoms with Gasteiger partial charge in [0, 0.05) is 32.7 Å². The highest BCUT2D eigenvalue weighted by Crippen LogP contribution is 2.22. The van der Waals surface area contributed by atoms with Crippen LogP contribution in [0.25, 0.3) is 0 Å². The number of hydrogen-bond donors (Lipinski definition) is 3. The van der Waals surface area contributed by atoms with Gasteiger partial charge in [-0.3, -0.25) is 9.59 Å². The molecule has 5 nitrogen and oxygen atoms in total. The SMILES string of the molecule is Cc1cccc(C(=O)Nc2ccc(NC(=O)CNc3cc(Cl)cc(Cl)c3)cc2)c1. The quantitative estimate of drug-likeness (QED) is 0.478. The molecule has 3 N–H and O–H groups in total. The third-order valence-electron chi connectivity index (χ3n) is 4.02. The van der Waals surface area contributed by atoms with Gasteiger partial charge in [0.1, 0.15) is 0 Å². The average molecular weight is 428 g/mol. The first-order chi connectivity index (χ1) is 13.9. The third kappa shape index (κ3) is 6.24. The van der Waals surface area contributed by atoms with Crippen LogP contribution in [0.15, 0.2) is 66.7 Å². The summed E-state index contributed by atoms with van der Waals surface area (Å²) in [4.78, 5) is 24.4. The van der Waals surface area contributed by atoms with Crippen LogP contribution >= 0.6 is 23.2 Å². The van der Waals surface area contributed by atoms with Gasteiger partial charge in [-0.05, 0) is 61.5 Å². The van der Waals surface area contributed by atoms with Gasteiger partial charge in [-0.25, -0.2) is 0 Å². The van der Waals surface area contributed by atoms with Crippen molar-refractivity contribution in [2.45, 2.75) is 6.92 Å². The van der Waals surface area contributed by atoms with Crippen molar-refractivity contribution < 1.29 is 9.59 Å². The number of aryl methyl sites for hydroxylation is 1. The summed E-state index contributed by atoms with van der Waals surface area (Å²) in [6.45, 7) is 1.99. The van der Waals surface area contributed by atoms with Crippen molar-refractivity contribution in [3.05, 3.63) is 87.9 Å². The normalized spacial score (nSPS) is 10.3. The van der Waals surface area contributed by atoms with E-state index in [0.717, 1.165) is 5.56 Å². The molecule has 3 aromatic rings. The molecule has 0 atom stereocenters. The number of halogens is 2. The van der Waals surface area contributed by atoms with Crippen molar-refractivity contribution in [1.82, 2.24) is 0 Å². The van der Waals surface area contributed by atoms with Crippen molar-refractivity contribution in [3.63, 3.8) is 0 Å². The third-order valence-corrected chi connectivity index (χ3v) is 4.46. The standard InChI is InChI=1S/C22H19Cl2N3O2/c1-14-3-2-4-15(9-14)22(29)27-19-7-5-18(6-8-19)26-21(28)13-25-20-11-16(23)10-17(24)12-20/h2-12,25H,13H2,1H3,(H,26,28)(H,27,29). The minimum absolute atomic E-state index is 0.0581. The Balaban J connectivity index is 1.53. The van der Waals surface area contributed by atoms with E-state index >= 15 is 0 Å². The summed E-state index contributed by atoms with van der Waals surface area (Å²) in [5, 5.41) is 9.56. The molecule has 3 rings (SSSR count). The van der Waals surface area contributed by atoms with Gasteiger partial charge in [0.05, 0.1) is 6.54 Å². The van der Waals surface area contributed by atoms with Gasteiger partial charge < -0.3 is 16.0 Å². The molecule has 0 radical (unpaired) electrons. The van der Waals surface area contributed by atoms with Gasteiger partial charge in [0.25, 0.3) is 5.91 Å². The second kappa shape index (κ2) is 9.45. The van der Waals surface area contributed by atoms with Gasteiger partial charge in [0.15, 0.2) is 0 Å². The second-order valence-electron chi connectivity index (χ2n) is 6.46. The van der Waals surface area contributed by atoms with E-state index < -0.39 is 0 Å². The predicted molar refractivity (Wildman–Crippen MR) is 119 cm³/mol. The van der Waals surface area contributed by atoms with Crippen LogP contribution in [0.5, 0.6) is 0 Å². The van der Waals surface area contributed by atoms with E-state index in [4.69, 9.17) is 23.2 Å². The van der Waals surface area contributed by atoms with E-state index in [1.54, 1.807) is 48.5 Å². The second-order valence-corrected chi connectivity index (χ2v) is 7.33. The van der Waals surface area contributed by atoms with E-state index in [1.165, 1.54) is 0 Å². The summed E-state index contributed by atoms with van der Waals surface area (Å²) < 4.78 is 0. The topological polar surface area (TPSA) is 70.2 Å². The Morgan fingerprint density at radius 2 is 1.41 bits per heavy atom. The fourth-order valence-corrected chi connectivity index (χ4v) is 3.20. The summed E-state index contributed by atoms with van der Waals surface area (Å²) >= 11 is 11.9. The first kappa shape index (κ1) is 20.7. The number of amides is 2. The molecular formula is C22H19Cl2N3O2. The van der Waals surface area contributed by atoms with Crippen LogP contribution < -0.4 is 16.0 Å². The van der Waals surface area contributed by atoms with E-state index in [0.29, 0.717) is 32.7 Å². The van der Waals surface area contributed by atoms with Gasteiger partial charge in [-0.15, -0.1) is 0 Å². The van der Waals surface area contributed by atoms with Crippen molar-refractivity contribution in [3.8, 4) is 0 Å². The zero-order valence-electron chi connectivity index (χ0n) is 15.6. The number of nitrogens with one attached hydrogen (secondary N) is 3. The van der Waals surface area contributed by atoms with Gasteiger partial charge in [-0.2, -0.15) is 0 Å². The molecule has 0 heterocycles. The Morgan fingerprint density at radius 1 is 0.793 bits per heavy atom. The van der Waals surface area contributed by atoms with E-state index in [9.17, 15) is 9.59 Å². The highest BCUT2D eigenvalue weighted by molar-refractivity contribution is 6.35. The van der Waals surface area contributed by atoms with Gasteiger partial charge >= 0.3 is 0 Å². The summed E-state index contributed by atoms with van der Waals surface area (Å²) in [5.74, 6) is -0.410. The molecule has 0 aromatic heterocycles. The van der Waals surface area contributed by atoms with Crippen molar-refractivity contribution in [2.75, 3.05) is 22.5 Å². The maximum atomic E-state index is 12.3. The number of carbonyl (C=O) groups excluding carboxylic acids is 2. The maximum absolute atomic E-state index is 12.3. The van der Waals surface area contributed by atoms with Crippen molar-refractivity contribution in [1.29, 1.82) is 0 Å². The Hall–Kier alpha value is -3.02. The zero-order valence-corrected chi connectivity index (χ0v) is 17.1. The lowest BCUT2D eigenvalue weighted by molar-refractivity contribution is -0.114. The van der Waals surface area contributed by atoms with Crippen LogP contribution in [-0.2, 0) is 4.79 Å². The Labute approximate surface area is 179 Å². The molecular weight excluding hydrogens is 409 g/mol. The fourth-order valence-electron chi connectivity index (χ4n) is 2.67. The van der Waals surface area contributed by atoms with Crippen LogP contribution in [-0.4, -0.2) is 18.4 Å². The molecule has 2 amide bonds. The molecule has 0 bridgehead atoms. The minimum Gasteiger partial charge on any atom is -0.376 e. The largest absolute Gasteiger partial charge is 0.376 e. The molecule has 29 heavy (non-hydrogen) atoms. The monoisotopic (exact) mass is 427 g/mol. The summed E-state index contributed by atoms with van der Waals surface area (Å²) in [5.41, 5.74) is 3.53. The van der Waals surface area contributed by atoms with Gasteiger partial charge in [-0.1, -0.05) is 40.9 Å². The number of hydrogen-bond acceptors (Lipinski definition) is 3. The number of anilines is 3. The molecule has 0 aliphatic rings. The lowest BCUT2D eigenvalue weighted by Gasteiger charge is -2.10. The first-order valence-corrected chi connectivity index (χ1v) is 9.62. The lowest BCUT2D eigenvalue weighted by atomic mass is 10.1. The van der Waals surface area contributed by atoms with Crippen LogP contribution in [0, 0.1) is 6.92 Å². The molecule has 148 valence electrons. The Kier molecular flexibility index (Phi) is 6.75. The smallest absolute Gasteiger partial charge is 0.255 e. The fraction of sp³-hybridized carbons (Fsp3) is 0.0909. The summed E-state index contributed by atoms with van der Waals surface area (Å²) in [6, 6.07) is 19.3. The molecule has 0 spiro atoms. The summed E-state index contributed by atoms with van der Waals surface area (Å²) in [7, 11) is 0. The number of benzene rings is 3. The Bertz CT molecular complexity index is 1020. The van der Waals surface area contributed by atoms with Gasteiger partial charge in [0.2, 0.25) is 5.91 Å². The predicted octanol–water partition coefficient (Wildman–Crippen LogP) is 5.60. The lowest BCUT2D eigenvalue weighted by Crippen LogP contribution is -2.21. The first-order valence-electron chi connectivity index (χ1n) is 8.87. The molecule has 0 fully saturated rings. The number of carbonyl (C=O) groups is 2. The minimum atomic E-state index is -0.224.